The fraction of sp³-hybridized carbons (Fsp3) is 1.00. The standard InChI is InChI=1S/C9H21O5PS/c1-5-6-13-15(16,12-4)14-8(2)9(7-10)11-3/h8-10H,5-7H2,1-4H3. The molecule has 0 rings (SSSR count). The van der Waals surface area contributed by atoms with Gasteiger partial charge >= 0.3 is 6.72 Å². The molecule has 0 aliphatic heterocycles. The van der Waals surface area contributed by atoms with Gasteiger partial charge in [-0.2, -0.15) is 0 Å². The molecule has 0 aromatic heterocycles. The fourth-order valence-electron chi connectivity index (χ4n) is 1.02. The van der Waals surface area contributed by atoms with Crippen LogP contribution in [0.4, 0.5) is 0 Å². The molecule has 0 saturated heterocycles. The van der Waals surface area contributed by atoms with E-state index in [-0.39, 0.29) is 12.7 Å². The first-order valence-corrected chi connectivity index (χ1v) is 7.71. The molecule has 98 valence electrons. The molecular formula is C9H21O5PS. The van der Waals surface area contributed by atoms with Crippen molar-refractivity contribution in [2.75, 3.05) is 27.4 Å². The first-order valence-electron chi connectivity index (χ1n) is 5.15. The van der Waals surface area contributed by atoms with Crippen molar-refractivity contribution < 1.29 is 23.4 Å². The van der Waals surface area contributed by atoms with E-state index in [1.165, 1.54) is 14.2 Å². The van der Waals surface area contributed by atoms with E-state index in [0.29, 0.717) is 6.61 Å². The lowest BCUT2D eigenvalue weighted by Crippen LogP contribution is -2.31. The third-order valence-electron chi connectivity index (χ3n) is 1.98. The summed E-state index contributed by atoms with van der Waals surface area (Å²) in [6.45, 7) is 1.39. The number of aliphatic hydroxyl groups excluding tert-OH is 1. The second kappa shape index (κ2) is 8.53. The molecule has 0 heterocycles. The van der Waals surface area contributed by atoms with Crippen LogP contribution in [0.1, 0.15) is 20.3 Å². The van der Waals surface area contributed by atoms with Gasteiger partial charge in [-0.15, -0.1) is 0 Å². The third-order valence-corrected chi connectivity index (χ3v) is 4.54. The maximum absolute atomic E-state index is 9.03. The van der Waals surface area contributed by atoms with Gasteiger partial charge in [-0.1, -0.05) is 6.92 Å². The van der Waals surface area contributed by atoms with Crippen LogP contribution in [0.3, 0.4) is 0 Å². The summed E-state index contributed by atoms with van der Waals surface area (Å²) < 4.78 is 21.0. The SMILES string of the molecule is CCCOP(=S)(OC)OC(C)C(CO)OC. The lowest BCUT2D eigenvalue weighted by Gasteiger charge is -2.27. The molecule has 0 fully saturated rings. The van der Waals surface area contributed by atoms with Crippen molar-refractivity contribution in [3.05, 3.63) is 0 Å². The van der Waals surface area contributed by atoms with Crippen molar-refractivity contribution in [1.29, 1.82) is 0 Å². The van der Waals surface area contributed by atoms with Crippen LogP contribution in [-0.2, 0) is 30.1 Å². The van der Waals surface area contributed by atoms with Crippen molar-refractivity contribution in [2.24, 2.45) is 0 Å². The molecule has 0 spiro atoms. The summed E-state index contributed by atoms with van der Waals surface area (Å²) in [5.41, 5.74) is 0. The Morgan fingerprint density at radius 2 is 2.00 bits per heavy atom. The molecule has 0 aliphatic rings. The molecule has 3 atom stereocenters. The Balaban J connectivity index is 4.34. The van der Waals surface area contributed by atoms with Gasteiger partial charge in [-0.05, 0) is 25.2 Å². The summed E-state index contributed by atoms with van der Waals surface area (Å²) >= 11 is 5.17. The number of hydrogen-bond donors (Lipinski definition) is 1. The van der Waals surface area contributed by atoms with Gasteiger partial charge in [0.1, 0.15) is 6.10 Å². The van der Waals surface area contributed by atoms with Crippen LogP contribution in [0, 0.1) is 0 Å². The Morgan fingerprint density at radius 1 is 1.38 bits per heavy atom. The van der Waals surface area contributed by atoms with Gasteiger partial charge in [0.2, 0.25) is 0 Å². The summed E-state index contributed by atoms with van der Waals surface area (Å²) in [5.74, 6) is 0. The van der Waals surface area contributed by atoms with Crippen LogP contribution in [0.5, 0.6) is 0 Å². The van der Waals surface area contributed by atoms with Crippen molar-refractivity contribution in [3.8, 4) is 0 Å². The van der Waals surface area contributed by atoms with E-state index in [0.717, 1.165) is 6.42 Å². The molecule has 0 aromatic carbocycles. The smallest absolute Gasteiger partial charge is 0.327 e. The lowest BCUT2D eigenvalue weighted by atomic mass is 10.2. The molecule has 0 aromatic rings. The van der Waals surface area contributed by atoms with Gasteiger partial charge in [0.05, 0.1) is 19.3 Å². The normalized spacial score (nSPS) is 19.1. The summed E-state index contributed by atoms with van der Waals surface area (Å²) in [5, 5.41) is 9.03. The van der Waals surface area contributed by atoms with Gasteiger partial charge in [0, 0.05) is 14.2 Å². The second-order valence-corrected chi connectivity index (χ2v) is 6.30. The molecule has 0 amide bonds. The molecule has 1 N–H and O–H groups in total. The van der Waals surface area contributed by atoms with E-state index in [1.807, 2.05) is 6.92 Å². The minimum absolute atomic E-state index is 0.134. The molecular weight excluding hydrogens is 251 g/mol. The summed E-state index contributed by atoms with van der Waals surface area (Å²) in [6, 6.07) is 0. The number of rotatable bonds is 9. The molecule has 5 nitrogen and oxygen atoms in total. The minimum atomic E-state index is -2.71. The highest BCUT2D eigenvalue weighted by Gasteiger charge is 2.26. The van der Waals surface area contributed by atoms with E-state index >= 15 is 0 Å². The highest BCUT2D eigenvalue weighted by molar-refractivity contribution is 8.07. The van der Waals surface area contributed by atoms with Crippen molar-refractivity contribution in [1.82, 2.24) is 0 Å². The Morgan fingerprint density at radius 3 is 2.38 bits per heavy atom. The Hall–Kier alpha value is 0.450. The number of ether oxygens (including phenoxy) is 1. The zero-order valence-corrected chi connectivity index (χ0v) is 11.9. The van der Waals surface area contributed by atoms with Gasteiger partial charge in [-0.3, -0.25) is 0 Å². The molecule has 0 bridgehead atoms. The van der Waals surface area contributed by atoms with Crippen LogP contribution in [0.15, 0.2) is 0 Å². The van der Waals surface area contributed by atoms with Crippen molar-refractivity contribution >= 4 is 18.5 Å². The summed E-state index contributed by atoms with van der Waals surface area (Å²) in [7, 11) is 2.97. The van der Waals surface area contributed by atoms with Crippen LogP contribution in [-0.4, -0.2) is 44.7 Å². The molecule has 0 saturated carbocycles. The Kier molecular flexibility index (Phi) is 8.77. The minimum Gasteiger partial charge on any atom is -0.394 e. The molecule has 0 aliphatic carbocycles. The van der Waals surface area contributed by atoms with Gasteiger partial charge in [-0.25, -0.2) is 0 Å². The zero-order chi connectivity index (χ0) is 12.6. The maximum Gasteiger partial charge on any atom is 0.327 e. The summed E-state index contributed by atoms with van der Waals surface area (Å²) in [4.78, 5) is 0. The predicted molar refractivity (Wildman–Crippen MR) is 66.0 cm³/mol. The topological polar surface area (TPSA) is 57.2 Å². The first-order chi connectivity index (χ1) is 7.52. The maximum atomic E-state index is 9.03. The van der Waals surface area contributed by atoms with Crippen molar-refractivity contribution in [2.45, 2.75) is 32.5 Å². The van der Waals surface area contributed by atoms with Crippen LogP contribution in [0.2, 0.25) is 0 Å². The van der Waals surface area contributed by atoms with Gasteiger partial charge in [0.25, 0.3) is 0 Å². The van der Waals surface area contributed by atoms with Crippen molar-refractivity contribution in [3.63, 3.8) is 0 Å². The zero-order valence-electron chi connectivity index (χ0n) is 10.2. The number of methoxy groups -OCH3 is 1. The number of aliphatic hydroxyl groups is 1. The second-order valence-electron chi connectivity index (χ2n) is 3.23. The average Bonchev–Trinajstić information content (AvgIpc) is 2.28. The van der Waals surface area contributed by atoms with Crippen LogP contribution in [0.25, 0.3) is 0 Å². The highest BCUT2D eigenvalue weighted by Crippen LogP contribution is 2.50. The Bertz CT molecular complexity index is 222. The highest BCUT2D eigenvalue weighted by atomic mass is 32.5. The predicted octanol–water partition coefficient (Wildman–Crippen LogP) is 1.70. The Labute approximate surface area is 102 Å². The van der Waals surface area contributed by atoms with Gasteiger partial charge in [0.15, 0.2) is 0 Å². The molecule has 0 radical (unpaired) electrons. The fourth-order valence-corrected chi connectivity index (χ4v) is 2.85. The summed E-state index contributed by atoms with van der Waals surface area (Å²) in [6.07, 6.45) is 0.0352. The first kappa shape index (κ1) is 16.4. The van der Waals surface area contributed by atoms with E-state index in [1.54, 1.807) is 6.92 Å². The molecule has 16 heavy (non-hydrogen) atoms. The van der Waals surface area contributed by atoms with E-state index in [2.05, 4.69) is 0 Å². The molecule has 7 heteroatoms. The molecule has 3 unspecified atom stereocenters. The quantitative estimate of drug-likeness (QED) is 0.645. The van der Waals surface area contributed by atoms with Gasteiger partial charge < -0.3 is 23.4 Å². The monoisotopic (exact) mass is 272 g/mol. The van der Waals surface area contributed by atoms with Crippen LogP contribution < -0.4 is 0 Å². The van der Waals surface area contributed by atoms with E-state index in [4.69, 9.17) is 35.2 Å². The largest absolute Gasteiger partial charge is 0.394 e. The number of hydrogen-bond acceptors (Lipinski definition) is 6. The third kappa shape index (κ3) is 5.68. The van der Waals surface area contributed by atoms with Crippen LogP contribution >= 0.6 is 6.72 Å². The average molecular weight is 272 g/mol. The lowest BCUT2D eigenvalue weighted by molar-refractivity contribution is -0.0297. The van der Waals surface area contributed by atoms with E-state index < -0.39 is 12.8 Å². The van der Waals surface area contributed by atoms with E-state index in [9.17, 15) is 0 Å².